The Bertz CT molecular complexity index is 553. The van der Waals surface area contributed by atoms with Crippen molar-refractivity contribution in [3.63, 3.8) is 0 Å². The van der Waals surface area contributed by atoms with Crippen molar-refractivity contribution in [1.82, 2.24) is 20.2 Å². The predicted octanol–water partition coefficient (Wildman–Crippen LogP) is 1.86. The molecule has 3 rings (SSSR count). The van der Waals surface area contributed by atoms with Crippen molar-refractivity contribution in [3.8, 4) is 5.69 Å². The van der Waals surface area contributed by atoms with Gasteiger partial charge in [-0.15, -0.1) is 11.6 Å². The summed E-state index contributed by atoms with van der Waals surface area (Å²) in [6, 6.07) is 9.77. The van der Waals surface area contributed by atoms with Gasteiger partial charge in [0.15, 0.2) is 0 Å². The van der Waals surface area contributed by atoms with Gasteiger partial charge in [-0.3, -0.25) is 0 Å². The summed E-state index contributed by atoms with van der Waals surface area (Å²) in [5, 5.41) is 15.3. The lowest BCUT2D eigenvalue weighted by Crippen LogP contribution is -2.46. The van der Waals surface area contributed by atoms with E-state index in [2.05, 4.69) is 20.8 Å². The number of nitrogens with one attached hydrogen (secondary N) is 1. The van der Waals surface area contributed by atoms with Crippen LogP contribution in [0, 0.1) is 0 Å². The third-order valence-electron chi connectivity index (χ3n) is 3.55. The van der Waals surface area contributed by atoms with Crippen molar-refractivity contribution in [3.05, 3.63) is 30.3 Å². The van der Waals surface area contributed by atoms with Crippen LogP contribution in [0.2, 0.25) is 0 Å². The quantitative estimate of drug-likeness (QED) is 0.872. The maximum atomic E-state index is 6.16. The standard InChI is InChI=1S/C13H16ClN5O/c14-10-13(6-8-20-9-7-13)15-12-16-17-18-19(12)11-4-2-1-3-5-11/h1-5H,6-10H2,(H,15,16,18). The van der Waals surface area contributed by atoms with Crippen LogP contribution in [0.1, 0.15) is 12.8 Å². The second-order valence-corrected chi connectivity index (χ2v) is 5.17. The fourth-order valence-electron chi connectivity index (χ4n) is 2.30. The van der Waals surface area contributed by atoms with E-state index in [9.17, 15) is 0 Å². The molecule has 0 radical (unpaired) electrons. The van der Waals surface area contributed by atoms with Crippen LogP contribution in [-0.4, -0.2) is 44.8 Å². The van der Waals surface area contributed by atoms with E-state index in [-0.39, 0.29) is 5.54 Å². The van der Waals surface area contributed by atoms with Crippen LogP contribution >= 0.6 is 11.6 Å². The number of alkyl halides is 1. The number of halogens is 1. The fourth-order valence-corrected chi connectivity index (χ4v) is 2.63. The number of tetrazole rings is 1. The second kappa shape index (κ2) is 5.76. The summed E-state index contributed by atoms with van der Waals surface area (Å²) in [6.07, 6.45) is 1.69. The van der Waals surface area contributed by atoms with Crippen molar-refractivity contribution in [2.75, 3.05) is 24.4 Å². The summed E-state index contributed by atoms with van der Waals surface area (Å²) in [6.45, 7) is 1.40. The molecule has 1 saturated heterocycles. The Balaban J connectivity index is 1.86. The molecule has 1 aliphatic heterocycles. The van der Waals surface area contributed by atoms with Gasteiger partial charge in [-0.2, -0.15) is 4.68 Å². The minimum Gasteiger partial charge on any atom is -0.381 e. The summed E-state index contributed by atoms with van der Waals surface area (Å²) in [5.74, 6) is 1.11. The average molecular weight is 294 g/mol. The van der Waals surface area contributed by atoms with Gasteiger partial charge < -0.3 is 10.1 Å². The SMILES string of the molecule is ClCC1(Nc2nnnn2-c2ccccc2)CCOCC1. The van der Waals surface area contributed by atoms with Crippen LogP contribution in [0.3, 0.4) is 0 Å². The molecule has 20 heavy (non-hydrogen) atoms. The summed E-state index contributed by atoms with van der Waals surface area (Å²) in [4.78, 5) is 0. The number of rotatable bonds is 4. The zero-order valence-corrected chi connectivity index (χ0v) is 11.8. The molecule has 0 bridgehead atoms. The Hall–Kier alpha value is -1.66. The van der Waals surface area contributed by atoms with Gasteiger partial charge in [0.25, 0.3) is 0 Å². The molecule has 1 aliphatic rings. The molecule has 1 N–H and O–H groups in total. The maximum Gasteiger partial charge on any atom is 0.248 e. The molecule has 0 spiro atoms. The van der Waals surface area contributed by atoms with Crippen molar-refractivity contribution < 1.29 is 4.74 Å². The molecule has 0 aliphatic carbocycles. The molecule has 1 aromatic carbocycles. The van der Waals surface area contributed by atoms with Gasteiger partial charge in [-0.05, 0) is 35.4 Å². The number of ether oxygens (including phenoxy) is 1. The Morgan fingerprint density at radius 1 is 1.25 bits per heavy atom. The normalized spacial score (nSPS) is 17.9. The van der Waals surface area contributed by atoms with Crippen LogP contribution in [-0.2, 0) is 4.74 Å². The molecule has 0 amide bonds. The highest BCUT2D eigenvalue weighted by molar-refractivity contribution is 6.18. The lowest BCUT2D eigenvalue weighted by molar-refractivity contribution is 0.0665. The summed E-state index contributed by atoms with van der Waals surface area (Å²) >= 11 is 6.16. The number of hydrogen-bond acceptors (Lipinski definition) is 5. The number of nitrogens with zero attached hydrogens (tertiary/aromatic N) is 4. The number of benzene rings is 1. The number of para-hydroxylation sites is 1. The predicted molar refractivity (Wildman–Crippen MR) is 76.3 cm³/mol. The average Bonchev–Trinajstić information content (AvgIpc) is 2.97. The molecule has 0 atom stereocenters. The number of hydrogen-bond donors (Lipinski definition) is 1. The van der Waals surface area contributed by atoms with Gasteiger partial charge in [0.1, 0.15) is 0 Å². The molecule has 0 unspecified atom stereocenters. The Labute approximate surface area is 122 Å². The Kier molecular flexibility index (Phi) is 3.84. The smallest absolute Gasteiger partial charge is 0.248 e. The zero-order chi connectivity index (χ0) is 13.8. The largest absolute Gasteiger partial charge is 0.381 e. The Morgan fingerprint density at radius 2 is 2.00 bits per heavy atom. The number of aromatic nitrogens is 4. The highest BCUT2D eigenvalue weighted by atomic mass is 35.5. The summed E-state index contributed by atoms with van der Waals surface area (Å²) in [5.41, 5.74) is 0.706. The van der Waals surface area contributed by atoms with Gasteiger partial charge >= 0.3 is 0 Å². The van der Waals surface area contributed by atoms with Crippen molar-refractivity contribution >= 4 is 17.5 Å². The monoisotopic (exact) mass is 293 g/mol. The minimum absolute atomic E-state index is 0.207. The van der Waals surface area contributed by atoms with E-state index in [1.54, 1.807) is 4.68 Å². The lowest BCUT2D eigenvalue weighted by atomic mass is 9.92. The highest BCUT2D eigenvalue weighted by Crippen LogP contribution is 2.27. The number of anilines is 1. The van der Waals surface area contributed by atoms with Crippen molar-refractivity contribution in [1.29, 1.82) is 0 Å². The van der Waals surface area contributed by atoms with Gasteiger partial charge in [-0.1, -0.05) is 23.3 Å². The third-order valence-corrected chi connectivity index (χ3v) is 4.06. The first-order valence-electron chi connectivity index (χ1n) is 6.59. The fraction of sp³-hybridized carbons (Fsp3) is 0.462. The van der Waals surface area contributed by atoms with Gasteiger partial charge in [0, 0.05) is 19.1 Å². The molecule has 1 aromatic heterocycles. The van der Waals surface area contributed by atoms with Crippen LogP contribution in [0.15, 0.2) is 30.3 Å². The summed E-state index contributed by atoms with van der Waals surface area (Å²) in [7, 11) is 0. The first-order chi connectivity index (χ1) is 9.83. The van der Waals surface area contributed by atoms with E-state index in [1.165, 1.54) is 0 Å². The molecular weight excluding hydrogens is 278 g/mol. The molecule has 106 valence electrons. The van der Waals surface area contributed by atoms with E-state index in [1.807, 2.05) is 30.3 Å². The maximum absolute atomic E-state index is 6.16. The first kappa shape index (κ1) is 13.3. The van der Waals surface area contributed by atoms with Crippen LogP contribution < -0.4 is 5.32 Å². The van der Waals surface area contributed by atoms with Crippen molar-refractivity contribution in [2.45, 2.75) is 18.4 Å². The van der Waals surface area contributed by atoms with E-state index in [0.29, 0.717) is 25.0 Å². The molecule has 2 heterocycles. The zero-order valence-electron chi connectivity index (χ0n) is 11.0. The summed E-state index contributed by atoms with van der Waals surface area (Å²) < 4.78 is 7.09. The lowest BCUT2D eigenvalue weighted by Gasteiger charge is -2.36. The van der Waals surface area contributed by atoms with Crippen molar-refractivity contribution in [2.24, 2.45) is 0 Å². The minimum atomic E-state index is -0.207. The van der Waals surface area contributed by atoms with Gasteiger partial charge in [-0.25, -0.2) is 0 Å². The highest BCUT2D eigenvalue weighted by Gasteiger charge is 2.33. The van der Waals surface area contributed by atoms with Crippen LogP contribution in [0.4, 0.5) is 5.95 Å². The third kappa shape index (κ3) is 2.62. The molecule has 6 nitrogen and oxygen atoms in total. The van der Waals surface area contributed by atoms with Gasteiger partial charge in [0.05, 0.1) is 11.2 Å². The second-order valence-electron chi connectivity index (χ2n) is 4.90. The van der Waals surface area contributed by atoms with Gasteiger partial charge in [0.2, 0.25) is 5.95 Å². The molecule has 0 saturated carbocycles. The van der Waals surface area contributed by atoms with E-state index in [0.717, 1.165) is 18.5 Å². The topological polar surface area (TPSA) is 64.9 Å². The Morgan fingerprint density at radius 3 is 2.70 bits per heavy atom. The first-order valence-corrected chi connectivity index (χ1v) is 7.12. The molecule has 7 heteroatoms. The molecular formula is C13H16ClN5O. The van der Waals surface area contributed by atoms with E-state index < -0.39 is 0 Å². The van der Waals surface area contributed by atoms with Crippen LogP contribution in [0.5, 0.6) is 0 Å². The molecule has 1 fully saturated rings. The molecule has 2 aromatic rings. The van der Waals surface area contributed by atoms with Crippen LogP contribution in [0.25, 0.3) is 5.69 Å². The van der Waals surface area contributed by atoms with E-state index >= 15 is 0 Å². The van der Waals surface area contributed by atoms with E-state index in [4.69, 9.17) is 16.3 Å².